The number of hydrogen-bond donors (Lipinski definition) is 0. The van der Waals surface area contributed by atoms with Crippen molar-refractivity contribution in [1.82, 2.24) is 0 Å². The Morgan fingerprint density at radius 1 is 0.529 bits per heavy atom. The van der Waals surface area contributed by atoms with Crippen molar-refractivity contribution in [3.8, 4) is 0 Å². The highest BCUT2D eigenvalue weighted by atomic mass is 16.4. The van der Waals surface area contributed by atoms with E-state index in [9.17, 15) is 19.8 Å². The van der Waals surface area contributed by atoms with Crippen molar-refractivity contribution in [2.24, 2.45) is 0 Å². The van der Waals surface area contributed by atoms with Gasteiger partial charge in [-0.3, -0.25) is 0 Å². The summed E-state index contributed by atoms with van der Waals surface area (Å²) in [5.41, 5.74) is 2.37. The minimum absolute atomic E-state index is 0.124. The van der Waals surface area contributed by atoms with Crippen LogP contribution in [0.4, 0.5) is 0 Å². The van der Waals surface area contributed by atoms with E-state index in [0.29, 0.717) is 12.8 Å². The first-order valence-corrected chi connectivity index (χ1v) is 11.7. The number of aliphatic carboxylic acids is 2. The highest BCUT2D eigenvalue weighted by Crippen LogP contribution is 2.08. The SMILES string of the molecule is O=C([O-])CCCCCCCCC(=O)[O-].c1ccc2[nH+]cccc2c1.c1ccc2[nH+]cccc2c1. The number of para-hydroxylation sites is 2. The highest BCUT2D eigenvalue weighted by molar-refractivity contribution is 5.75. The Bertz CT molecular complexity index is 925. The summed E-state index contributed by atoms with van der Waals surface area (Å²) in [6, 6.07) is 24.6. The molecule has 6 nitrogen and oxygen atoms in total. The van der Waals surface area contributed by atoms with Crippen molar-refractivity contribution in [1.29, 1.82) is 0 Å². The van der Waals surface area contributed by atoms with Gasteiger partial charge in [-0.05, 0) is 49.9 Å². The second kappa shape index (κ2) is 15.9. The Kier molecular flexibility index (Phi) is 12.4. The average Bonchev–Trinajstić information content (AvgIpc) is 2.86. The summed E-state index contributed by atoms with van der Waals surface area (Å²) in [5.74, 6) is -2.00. The summed E-state index contributed by atoms with van der Waals surface area (Å²) in [7, 11) is 0. The Morgan fingerprint density at radius 2 is 0.882 bits per heavy atom. The third kappa shape index (κ3) is 11.2. The molecule has 0 radical (unpaired) electrons. The van der Waals surface area contributed by atoms with Crippen molar-refractivity contribution >= 4 is 33.7 Å². The number of unbranched alkanes of at least 4 members (excludes halogenated alkanes) is 5. The first-order chi connectivity index (χ1) is 16.6. The maximum atomic E-state index is 10.0. The molecule has 2 heterocycles. The summed E-state index contributed by atoms with van der Waals surface area (Å²) < 4.78 is 0. The van der Waals surface area contributed by atoms with E-state index in [-0.39, 0.29) is 12.8 Å². The fourth-order valence-corrected chi connectivity index (χ4v) is 3.37. The molecule has 4 rings (SSSR count). The van der Waals surface area contributed by atoms with E-state index < -0.39 is 11.9 Å². The van der Waals surface area contributed by atoms with E-state index in [1.807, 2.05) is 48.8 Å². The lowest BCUT2D eigenvalue weighted by molar-refractivity contribution is -0.345. The van der Waals surface area contributed by atoms with Gasteiger partial charge < -0.3 is 19.8 Å². The number of rotatable bonds is 9. The van der Waals surface area contributed by atoms with Crippen molar-refractivity contribution in [3.63, 3.8) is 0 Å². The van der Waals surface area contributed by atoms with Gasteiger partial charge in [-0.2, -0.15) is 0 Å². The number of carboxylic acids is 2. The summed E-state index contributed by atoms with van der Waals surface area (Å²) in [6.45, 7) is 0. The monoisotopic (exact) mass is 460 g/mol. The smallest absolute Gasteiger partial charge is 0.210 e. The van der Waals surface area contributed by atoms with Gasteiger partial charge in [-0.15, -0.1) is 0 Å². The zero-order valence-corrected chi connectivity index (χ0v) is 19.4. The van der Waals surface area contributed by atoms with E-state index >= 15 is 0 Å². The molecule has 0 fully saturated rings. The van der Waals surface area contributed by atoms with Crippen LogP contribution < -0.4 is 20.2 Å². The predicted molar refractivity (Wildman–Crippen MR) is 128 cm³/mol. The van der Waals surface area contributed by atoms with Gasteiger partial charge in [0.1, 0.15) is 0 Å². The Labute approximate surface area is 200 Å². The van der Waals surface area contributed by atoms with E-state index in [1.165, 1.54) is 21.8 Å². The first-order valence-electron chi connectivity index (χ1n) is 11.7. The van der Waals surface area contributed by atoms with E-state index in [4.69, 9.17) is 0 Å². The quantitative estimate of drug-likeness (QED) is 0.358. The van der Waals surface area contributed by atoms with Crippen LogP contribution in [0.25, 0.3) is 21.8 Å². The molecule has 2 aromatic carbocycles. The lowest BCUT2D eigenvalue weighted by Gasteiger charge is -2.03. The molecule has 0 aliphatic heterocycles. The molecule has 2 aromatic heterocycles. The van der Waals surface area contributed by atoms with Gasteiger partial charge in [-0.25, -0.2) is 9.97 Å². The van der Waals surface area contributed by atoms with Crippen LogP contribution in [0.2, 0.25) is 0 Å². The number of pyridine rings is 2. The van der Waals surface area contributed by atoms with Crippen molar-refractivity contribution < 1.29 is 29.8 Å². The summed E-state index contributed by atoms with van der Waals surface area (Å²) in [6.07, 6.45) is 9.09. The van der Waals surface area contributed by atoms with Crippen LogP contribution in [0.5, 0.6) is 0 Å². The molecule has 34 heavy (non-hydrogen) atoms. The average molecular weight is 461 g/mol. The number of H-pyrrole nitrogens is 2. The molecule has 0 amide bonds. The molecule has 0 unspecified atom stereocenters. The number of carboxylic acid groups (broad SMARTS) is 2. The standard InChI is InChI=1S/C10H18O4.2C9H7N/c11-9(12)7-5-3-1-2-4-6-8-10(13)14;2*1-2-6-9-8(4-1)5-3-7-10-9/h1-8H2,(H,11,12)(H,13,14);2*1-7H. The van der Waals surface area contributed by atoms with Crippen LogP contribution in [0.1, 0.15) is 51.4 Å². The lowest BCUT2D eigenvalue weighted by atomic mass is 10.1. The van der Waals surface area contributed by atoms with Gasteiger partial charge in [0, 0.05) is 47.0 Å². The maximum Gasteiger partial charge on any atom is 0.210 e. The molecule has 4 aromatic rings. The summed E-state index contributed by atoms with van der Waals surface area (Å²) in [4.78, 5) is 26.4. The number of aromatic nitrogens is 2. The molecule has 178 valence electrons. The second-order valence-electron chi connectivity index (χ2n) is 7.88. The number of hydrogen-bond acceptors (Lipinski definition) is 4. The molecular formula is C28H32N2O4. The molecule has 0 bridgehead atoms. The van der Waals surface area contributed by atoms with Crippen LogP contribution in [0, 0.1) is 0 Å². The number of benzene rings is 2. The Hall–Kier alpha value is -3.80. The second-order valence-corrected chi connectivity index (χ2v) is 7.88. The van der Waals surface area contributed by atoms with Gasteiger partial charge >= 0.3 is 0 Å². The van der Waals surface area contributed by atoms with E-state index in [2.05, 4.69) is 46.4 Å². The molecule has 2 N–H and O–H groups in total. The van der Waals surface area contributed by atoms with Crippen molar-refractivity contribution in [2.75, 3.05) is 0 Å². The van der Waals surface area contributed by atoms with E-state index in [1.54, 1.807) is 0 Å². The zero-order valence-electron chi connectivity index (χ0n) is 19.4. The molecule has 6 heteroatoms. The summed E-state index contributed by atoms with van der Waals surface area (Å²) >= 11 is 0. The van der Waals surface area contributed by atoms with Crippen LogP contribution in [0.3, 0.4) is 0 Å². The van der Waals surface area contributed by atoms with Crippen molar-refractivity contribution in [2.45, 2.75) is 51.4 Å². The fourth-order valence-electron chi connectivity index (χ4n) is 3.37. The van der Waals surface area contributed by atoms with Gasteiger partial charge in [-0.1, -0.05) is 49.9 Å². The largest absolute Gasteiger partial charge is 0.550 e. The number of carbonyl (C=O) groups excluding carboxylic acids is 2. The van der Waals surface area contributed by atoms with Gasteiger partial charge in [0.2, 0.25) is 11.0 Å². The first kappa shape index (κ1) is 26.5. The van der Waals surface area contributed by atoms with Gasteiger partial charge in [0.05, 0.1) is 0 Å². The maximum absolute atomic E-state index is 10.0. The Morgan fingerprint density at radius 3 is 1.26 bits per heavy atom. The molecule has 0 spiro atoms. The van der Waals surface area contributed by atoms with E-state index in [0.717, 1.165) is 25.7 Å². The molecule has 0 saturated carbocycles. The third-order valence-electron chi connectivity index (χ3n) is 5.16. The molecule has 0 aliphatic carbocycles. The predicted octanol–water partition coefficient (Wildman–Crippen LogP) is 2.91. The lowest BCUT2D eigenvalue weighted by Crippen LogP contribution is -2.21. The number of carbonyl (C=O) groups is 2. The molecule has 0 atom stereocenters. The van der Waals surface area contributed by atoms with Crippen LogP contribution in [0.15, 0.2) is 85.2 Å². The molecular weight excluding hydrogens is 428 g/mol. The van der Waals surface area contributed by atoms with Crippen LogP contribution >= 0.6 is 0 Å². The third-order valence-corrected chi connectivity index (χ3v) is 5.16. The zero-order chi connectivity index (χ0) is 24.4. The van der Waals surface area contributed by atoms with Crippen LogP contribution in [-0.2, 0) is 9.59 Å². The number of nitrogens with one attached hydrogen (secondary N) is 2. The van der Waals surface area contributed by atoms with Gasteiger partial charge in [0.25, 0.3) is 0 Å². The molecule has 0 saturated heterocycles. The minimum Gasteiger partial charge on any atom is -0.550 e. The minimum atomic E-state index is -0.998. The normalized spacial score (nSPS) is 10.0. The van der Waals surface area contributed by atoms with Crippen molar-refractivity contribution in [3.05, 3.63) is 85.2 Å². The molecule has 0 aliphatic rings. The van der Waals surface area contributed by atoms with Gasteiger partial charge in [0.15, 0.2) is 12.4 Å². The number of aromatic amines is 2. The highest BCUT2D eigenvalue weighted by Gasteiger charge is 1.94. The fraction of sp³-hybridized carbons (Fsp3) is 0.286. The van der Waals surface area contributed by atoms with Crippen LogP contribution in [-0.4, -0.2) is 11.9 Å². The number of fused-ring (bicyclic) bond motifs is 2. The Balaban J connectivity index is 0.000000183. The topological polar surface area (TPSA) is 109 Å². The summed E-state index contributed by atoms with van der Waals surface area (Å²) in [5, 5.41) is 22.6.